The maximum Gasteiger partial charge on any atom is 0.231 e. The minimum absolute atomic E-state index is 0.130. The molecule has 1 aliphatic heterocycles. The number of hydrogen-bond acceptors (Lipinski definition) is 7. The summed E-state index contributed by atoms with van der Waals surface area (Å²) < 4.78 is 16.1. The molecule has 4 aromatic rings. The van der Waals surface area contributed by atoms with Crippen molar-refractivity contribution in [3.8, 4) is 22.9 Å². The van der Waals surface area contributed by atoms with Gasteiger partial charge in [0.05, 0.1) is 12.8 Å². The number of carbonyl (C=O) groups is 1. The standard InChI is InChI=1S/C23H18N4O4/c28-21(12-15-5-6-19-20(11-15)30-14-29-19)25-18-4-2-1-3-17(18)13-22-26-23(27-31-22)16-7-9-24-10-8-16/h1-11H,12-14H2,(H,25,28). The van der Waals surface area contributed by atoms with E-state index < -0.39 is 0 Å². The highest BCUT2D eigenvalue weighted by molar-refractivity contribution is 5.93. The van der Waals surface area contributed by atoms with Crippen molar-refractivity contribution in [2.45, 2.75) is 12.8 Å². The van der Waals surface area contributed by atoms with Gasteiger partial charge >= 0.3 is 0 Å². The second-order valence-electron chi connectivity index (χ2n) is 6.99. The van der Waals surface area contributed by atoms with Gasteiger partial charge in [-0.1, -0.05) is 29.4 Å². The van der Waals surface area contributed by atoms with Crippen LogP contribution >= 0.6 is 0 Å². The fourth-order valence-corrected chi connectivity index (χ4v) is 3.33. The molecule has 31 heavy (non-hydrogen) atoms. The van der Waals surface area contributed by atoms with Crippen LogP contribution in [0.1, 0.15) is 17.0 Å². The van der Waals surface area contributed by atoms with E-state index >= 15 is 0 Å². The Morgan fingerprint density at radius 3 is 2.74 bits per heavy atom. The van der Waals surface area contributed by atoms with E-state index in [2.05, 4.69) is 20.4 Å². The lowest BCUT2D eigenvalue weighted by molar-refractivity contribution is -0.115. The predicted molar refractivity (Wildman–Crippen MR) is 112 cm³/mol. The SMILES string of the molecule is O=C(Cc1ccc2c(c1)OCO2)Nc1ccccc1Cc1nc(-c2ccncc2)no1. The number of pyridine rings is 1. The van der Waals surface area contributed by atoms with E-state index in [0.29, 0.717) is 35.3 Å². The van der Waals surface area contributed by atoms with Crippen LogP contribution in [0, 0.1) is 0 Å². The van der Waals surface area contributed by atoms with Gasteiger partial charge in [-0.15, -0.1) is 0 Å². The topological polar surface area (TPSA) is 99.4 Å². The molecule has 0 radical (unpaired) electrons. The number of benzene rings is 2. The molecule has 2 aromatic heterocycles. The molecule has 154 valence electrons. The van der Waals surface area contributed by atoms with E-state index in [9.17, 15) is 4.79 Å². The van der Waals surface area contributed by atoms with Gasteiger partial charge < -0.3 is 19.3 Å². The predicted octanol–water partition coefficient (Wildman–Crippen LogP) is 3.63. The first-order chi connectivity index (χ1) is 15.2. The Morgan fingerprint density at radius 2 is 1.84 bits per heavy atom. The molecule has 0 atom stereocenters. The van der Waals surface area contributed by atoms with Crippen molar-refractivity contribution >= 4 is 11.6 Å². The van der Waals surface area contributed by atoms with E-state index in [1.807, 2.05) is 54.6 Å². The summed E-state index contributed by atoms with van der Waals surface area (Å²) in [7, 11) is 0. The Kier molecular flexibility index (Phi) is 5.02. The van der Waals surface area contributed by atoms with Crippen LogP contribution in [0.2, 0.25) is 0 Å². The monoisotopic (exact) mass is 414 g/mol. The van der Waals surface area contributed by atoms with Crippen LogP contribution in [-0.2, 0) is 17.6 Å². The van der Waals surface area contributed by atoms with Crippen molar-refractivity contribution in [1.29, 1.82) is 0 Å². The minimum atomic E-state index is -0.130. The van der Waals surface area contributed by atoms with Crippen LogP contribution in [0.25, 0.3) is 11.4 Å². The van der Waals surface area contributed by atoms with Crippen LogP contribution in [0.3, 0.4) is 0 Å². The lowest BCUT2D eigenvalue weighted by Gasteiger charge is -2.10. The quantitative estimate of drug-likeness (QED) is 0.514. The highest BCUT2D eigenvalue weighted by Crippen LogP contribution is 2.32. The number of para-hydroxylation sites is 1. The molecule has 5 rings (SSSR count). The molecule has 1 amide bonds. The van der Waals surface area contributed by atoms with E-state index in [1.165, 1.54) is 0 Å². The molecule has 0 bridgehead atoms. The van der Waals surface area contributed by atoms with Gasteiger partial charge in [0.1, 0.15) is 0 Å². The zero-order valence-electron chi connectivity index (χ0n) is 16.4. The molecule has 0 spiro atoms. The van der Waals surface area contributed by atoms with Gasteiger partial charge in [-0.05, 0) is 41.5 Å². The lowest BCUT2D eigenvalue weighted by atomic mass is 10.1. The third kappa shape index (κ3) is 4.23. The largest absolute Gasteiger partial charge is 0.454 e. The Balaban J connectivity index is 1.28. The number of amides is 1. The maximum absolute atomic E-state index is 12.6. The van der Waals surface area contributed by atoms with Crippen molar-refractivity contribution in [1.82, 2.24) is 15.1 Å². The summed E-state index contributed by atoms with van der Waals surface area (Å²) in [6.45, 7) is 0.205. The van der Waals surface area contributed by atoms with Crippen molar-refractivity contribution < 1.29 is 18.8 Å². The first kappa shape index (κ1) is 18.8. The fraction of sp³-hybridized carbons (Fsp3) is 0.130. The molecule has 0 saturated heterocycles. The third-order valence-corrected chi connectivity index (χ3v) is 4.84. The molecule has 0 unspecified atom stereocenters. The van der Waals surface area contributed by atoms with Crippen molar-refractivity contribution in [3.05, 3.63) is 84.0 Å². The number of nitrogens with zero attached hydrogens (tertiary/aromatic N) is 3. The van der Waals surface area contributed by atoms with E-state index in [1.54, 1.807) is 12.4 Å². The van der Waals surface area contributed by atoms with Gasteiger partial charge in [-0.25, -0.2) is 0 Å². The highest BCUT2D eigenvalue weighted by atomic mass is 16.7. The van der Waals surface area contributed by atoms with E-state index in [0.717, 1.165) is 16.7 Å². The number of rotatable bonds is 6. The zero-order valence-corrected chi connectivity index (χ0v) is 16.4. The molecule has 0 saturated carbocycles. The molecule has 0 fully saturated rings. The summed E-state index contributed by atoms with van der Waals surface area (Å²) in [5.41, 5.74) is 3.26. The van der Waals surface area contributed by atoms with Gasteiger partial charge in [-0.3, -0.25) is 9.78 Å². The number of hydrogen-bond donors (Lipinski definition) is 1. The lowest BCUT2D eigenvalue weighted by Crippen LogP contribution is -2.15. The number of fused-ring (bicyclic) bond motifs is 1. The minimum Gasteiger partial charge on any atom is -0.454 e. The summed E-state index contributed by atoms with van der Waals surface area (Å²) in [6.07, 6.45) is 3.98. The van der Waals surface area contributed by atoms with Crippen LogP contribution in [-0.4, -0.2) is 27.8 Å². The molecule has 0 aliphatic carbocycles. The average Bonchev–Trinajstić information content (AvgIpc) is 3.45. The number of ether oxygens (including phenoxy) is 2. The molecule has 3 heterocycles. The fourth-order valence-electron chi connectivity index (χ4n) is 3.33. The maximum atomic E-state index is 12.6. The Morgan fingerprint density at radius 1 is 1.00 bits per heavy atom. The van der Waals surface area contributed by atoms with Crippen LogP contribution in [0.4, 0.5) is 5.69 Å². The molecule has 8 heteroatoms. The highest BCUT2D eigenvalue weighted by Gasteiger charge is 2.16. The van der Waals surface area contributed by atoms with Gasteiger partial charge in [0.15, 0.2) is 11.5 Å². The zero-order chi connectivity index (χ0) is 21.0. The van der Waals surface area contributed by atoms with E-state index in [4.69, 9.17) is 14.0 Å². The van der Waals surface area contributed by atoms with E-state index in [-0.39, 0.29) is 19.1 Å². The Bertz CT molecular complexity index is 1220. The molecule has 1 aliphatic rings. The molecular formula is C23H18N4O4. The smallest absolute Gasteiger partial charge is 0.231 e. The summed E-state index contributed by atoms with van der Waals surface area (Å²) in [4.78, 5) is 21.1. The third-order valence-electron chi connectivity index (χ3n) is 4.84. The number of anilines is 1. The van der Waals surface area contributed by atoms with Gasteiger partial charge in [0.25, 0.3) is 0 Å². The van der Waals surface area contributed by atoms with Crippen LogP contribution in [0.5, 0.6) is 11.5 Å². The van der Waals surface area contributed by atoms with Crippen LogP contribution in [0.15, 0.2) is 71.5 Å². The summed E-state index contributed by atoms with van der Waals surface area (Å²) in [6, 6.07) is 16.7. The molecule has 2 aromatic carbocycles. The van der Waals surface area contributed by atoms with Gasteiger partial charge in [0.2, 0.25) is 24.4 Å². The van der Waals surface area contributed by atoms with Crippen molar-refractivity contribution in [3.63, 3.8) is 0 Å². The molecular weight excluding hydrogens is 396 g/mol. The average molecular weight is 414 g/mol. The van der Waals surface area contributed by atoms with Gasteiger partial charge in [0, 0.05) is 23.6 Å². The first-order valence-corrected chi connectivity index (χ1v) is 9.74. The van der Waals surface area contributed by atoms with Gasteiger partial charge in [-0.2, -0.15) is 4.98 Å². The van der Waals surface area contributed by atoms with Crippen molar-refractivity contribution in [2.75, 3.05) is 12.1 Å². The molecule has 8 nitrogen and oxygen atoms in total. The first-order valence-electron chi connectivity index (χ1n) is 9.74. The summed E-state index contributed by atoms with van der Waals surface area (Å²) in [5, 5.41) is 7.01. The second-order valence-corrected chi connectivity index (χ2v) is 6.99. The normalized spacial score (nSPS) is 12.0. The Hall–Kier alpha value is -4.20. The number of carbonyl (C=O) groups excluding carboxylic acids is 1. The summed E-state index contributed by atoms with van der Waals surface area (Å²) >= 11 is 0. The summed E-state index contributed by atoms with van der Waals surface area (Å²) in [5.74, 6) is 2.19. The van der Waals surface area contributed by atoms with Crippen LogP contribution < -0.4 is 14.8 Å². The second kappa shape index (κ2) is 8.27. The molecule has 1 N–H and O–H groups in total. The number of aromatic nitrogens is 3. The number of nitrogens with one attached hydrogen (secondary N) is 1. The van der Waals surface area contributed by atoms with Crippen molar-refractivity contribution in [2.24, 2.45) is 0 Å². The Labute approximate surface area is 177 Å².